The van der Waals surface area contributed by atoms with Crippen molar-refractivity contribution in [1.82, 2.24) is 4.89 Å². The Hall–Kier alpha value is -2.17. The van der Waals surface area contributed by atoms with Gasteiger partial charge >= 0.3 is 5.97 Å². The maximum absolute atomic E-state index is 11.7. The van der Waals surface area contributed by atoms with Gasteiger partial charge in [0.15, 0.2) is 0 Å². The molecule has 1 aromatic rings. The number of ether oxygens (including phenoxy) is 1. The molecule has 116 valence electrons. The number of primary amides is 1. The number of carboxylic acids is 1. The molecule has 1 amide bonds. The number of carboxylic acid groups (broad SMARTS) is 1. The van der Waals surface area contributed by atoms with Crippen molar-refractivity contribution in [2.24, 2.45) is 5.73 Å². The highest BCUT2D eigenvalue weighted by atomic mass is 32.2. The van der Waals surface area contributed by atoms with E-state index in [-0.39, 0.29) is 17.9 Å². The van der Waals surface area contributed by atoms with Crippen LogP contribution in [0.3, 0.4) is 0 Å². The van der Waals surface area contributed by atoms with Gasteiger partial charge in [-0.2, -0.15) is 0 Å². The number of carbonyl (C=O) groups is 2. The van der Waals surface area contributed by atoms with Crippen LogP contribution in [0.1, 0.15) is 6.42 Å². The van der Waals surface area contributed by atoms with E-state index in [0.29, 0.717) is 5.75 Å². The maximum Gasteiger partial charge on any atom is 0.306 e. The fourth-order valence-corrected chi connectivity index (χ4v) is 2.00. The monoisotopic (exact) mass is 318 g/mol. The van der Waals surface area contributed by atoms with Crippen molar-refractivity contribution in [2.75, 3.05) is 13.2 Å². The van der Waals surface area contributed by atoms with Gasteiger partial charge in [0.1, 0.15) is 12.4 Å². The molecule has 0 bridgehead atoms. The predicted octanol–water partition coefficient (Wildman–Crippen LogP) is -0.765. The zero-order chi connectivity index (χ0) is 15.9. The van der Waals surface area contributed by atoms with E-state index >= 15 is 0 Å². The summed E-state index contributed by atoms with van der Waals surface area (Å²) in [6, 6.07) is 5.22. The number of hydrogen-bond donors (Lipinski definition) is 3. The lowest BCUT2D eigenvalue weighted by Gasteiger charge is -2.08. The number of nitrogens with two attached hydrogens (primary N) is 1. The van der Waals surface area contributed by atoms with Gasteiger partial charge in [0, 0.05) is 0 Å². The third kappa shape index (κ3) is 6.21. The Bertz CT molecular complexity index is 598. The smallest absolute Gasteiger partial charge is 0.306 e. The van der Waals surface area contributed by atoms with E-state index in [4.69, 9.17) is 15.6 Å². The fourth-order valence-electron chi connectivity index (χ4n) is 1.20. The molecule has 10 heteroatoms. The molecule has 1 rings (SSSR count). The first-order valence-corrected chi connectivity index (χ1v) is 7.16. The standard InChI is InChI=1S/C11H14N2O7S/c12-10(14)7-20-13-21(17,18)9-3-1-8(2-4-9)19-6-5-11(15)16/h1-4,13H,5-7H2,(H2,12,14)(H,15,16). The molecule has 0 atom stereocenters. The number of aliphatic carboxylic acids is 1. The van der Waals surface area contributed by atoms with Crippen molar-refractivity contribution in [3.05, 3.63) is 24.3 Å². The van der Waals surface area contributed by atoms with Crippen LogP contribution in [0.2, 0.25) is 0 Å². The van der Waals surface area contributed by atoms with Gasteiger partial charge in [0.2, 0.25) is 5.91 Å². The first-order valence-electron chi connectivity index (χ1n) is 5.68. The molecule has 9 nitrogen and oxygen atoms in total. The fraction of sp³-hybridized carbons (Fsp3) is 0.273. The van der Waals surface area contributed by atoms with Crippen LogP contribution in [-0.4, -0.2) is 38.6 Å². The number of rotatable bonds is 9. The summed E-state index contributed by atoms with van der Waals surface area (Å²) in [6.45, 7) is -0.614. The minimum absolute atomic E-state index is 0.0264. The lowest BCUT2D eigenvalue weighted by atomic mass is 10.3. The average Bonchev–Trinajstić information content (AvgIpc) is 2.38. The molecule has 0 fully saturated rings. The lowest BCUT2D eigenvalue weighted by molar-refractivity contribution is -0.137. The maximum atomic E-state index is 11.7. The molecule has 0 spiro atoms. The number of nitrogens with one attached hydrogen (secondary N) is 1. The summed E-state index contributed by atoms with van der Waals surface area (Å²) in [5.41, 5.74) is 4.79. The molecule has 0 aliphatic rings. The predicted molar refractivity (Wildman–Crippen MR) is 69.7 cm³/mol. The summed E-state index contributed by atoms with van der Waals surface area (Å²) in [7, 11) is -3.94. The molecule has 0 aliphatic carbocycles. The van der Waals surface area contributed by atoms with Crippen LogP contribution in [0.4, 0.5) is 0 Å². The van der Waals surface area contributed by atoms with Crippen molar-refractivity contribution in [1.29, 1.82) is 0 Å². The molecule has 0 aromatic heterocycles. The Kier molecular flexibility index (Phi) is 6.09. The molecule has 0 saturated heterocycles. The highest BCUT2D eigenvalue weighted by Gasteiger charge is 2.14. The molecule has 0 saturated carbocycles. The van der Waals surface area contributed by atoms with E-state index in [1.54, 1.807) is 4.89 Å². The molecule has 0 aliphatic heterocycles. The van der Waals surface area contributed by atoms with Gasteiger partial charge in [-0.25, -0.2) is 8.42 Å². The van der Waals surface area contributed by atoms with Gasteiger partial charge in [-0.1, -0.05) is 4.89 Å². The SMILES string of the molecule is NC(=O)CONS(=O)(=O)c1ccc(OCCC(=O)O)cc1. The number of hydrogen-bond acceptors (Lipinski definition) is 6. The highest BCUT2D eigenvalue weighted by molar-refractivity contribution is 7.89. The first kappa shape index (κ1) is 16.9. The molecule has 0 heterocycles. The van der Waals surface area contributed by atoms with Gasteiger partial charge in [0.05, 0.1) is 17.9 Å². The van der Waals surface area contributed by atoms with Crippen LogP contribution < -0.4 is 15.4 Å². The topological polar surface area (TPSA) is 145 Å². The van der Waals surface area contributed by atoms with Crippen molar-refractivity contribution in [2.45, 2.75) is 11.3 Å². The van der Waals surface area contributed by atoms with Crippen molar-refractivity contribution in [3.63, 3.8) is 0 Å². The summed E-state index contributed by atoms with van der Waals surface area (Å²) in [5.74, 6) is -1.49. The van der Waals surface area contributed by atoms with Crippen molar-refractivity contribution < 1.29 is 32.7 Å². The number of carbonyl (C=O) groups excluding carboxylic acids is 1. The number of benzene rings is 1. The minimum atomic E-state index is -3.94. The Balaban J connectivity index is 2.59. The molecule has 0 unspecified atom stereocenters. The second-order valence-corrected chi connectivity index (χ2v) is 5.45. The zero-order valence-corrected chi connectivity index (χ0v) is 11.6. The quantitative estimate of drug-likeness (QED) is 0.507. The van der Waals surface area contributed by atoms with Crippen LogP contribution in [0.5, 0.6) is 5.75 Å². The summed E-state index contributed by atoms with van der Waals surface area (Å²) < 4.78 is 28.6. The van der Waals surface area contributed by atoms with E-state index < -0.39 is 28.5 Å². The van der Waals surface area contributed by atoms with Gasteiger partial charge in [0.25, 0.3) is 10.0 Å². The second kappa shape index (κ2) is 7.57. The van der Waals surface area contributed by atoms with E-state index in [1.807, 2.05) is 0 Å². The largest absolute Gasteiger partial charge is 0.493 e. The van der Waals surface area contributed by atoms with Crippen LogP contribution >= 0.6 is 0 Å². The third-order valence-electron chi connectivity index (χ3n) is 2.10. The summed E-state index contributed by atoms with van der Waals surface area (Å²) in [6.07, 6.45) is -0.164. The van der Waals surface area contributed by atoms with Gasteiger partial charge in [-0.3, -0.25) is 14.4 Å². The Labute approximate surface area is 120 Å². The third-order valence-corrected chi connectivity index (χ3v) is 3.33. The number of amides is 1. The van der Waals surface area contributed by atoms with Gasteiger partial charge < -0.3 is 15.6 Å². The van der Waals surface area contributed by atoms with Crippen LogP contribution in [0.25, 0.3) is 0 Å². The lowest BCUT2D eigenvalue weighted by Crippen LogP contribution is -2.29. The second-order valence-electron chi connectivity index (χ2n) is 3.81. The van der Waals surface area contributed by atoms with Crippen LogP contribution in [0, 0.1) is 0 Å². The van der Waals surface area contributed by atoms with E-state index in [2.05, 4.69) is 4.84 Å². The normalized spacial score (nSPS) is 11.0. The van der Waals surface area contributed by atoms with Crippen molar-refractivity contribution >= 4 is 21.9 Å². The van der Waals surface area contributed by atoms with E-state index in [0.717, 1.165) is 0 Å². The van der Waals surface area contributed by atoms with Crippen LogP contribution in [-0.2, 0) is 24.4 Å². The molecule has 4 N–H and O–H groups in total. The van der Waals surface area contributed by atoms with Gasteiger partial charge in [-0.15, -0.1) is 0 Å². The zero-order valence-electron chi connectivity index (χ0n) is 10.8. The first-order chi connectivity index (χ1) is 9.81. The summed E-state index contributed by atoms with van der Waals surface area (Å²) in [4.78, 5) is 26.8. The van der Waals surface area contributed by atoms with Crippen LogP contribution in [0.15, 0.2) is 29.2 Å². The average molecular weight is 318 g/mol. The van der Waals surface area contributed by atoms with E-state index in [1.165, 1.54) is 24.3 Å². The Morgan fingerprint density at radius 2 is 1.86 bits per heavy atom. The summed E-state index contributed by atoms with van der Waals surface area (Å²) in [5, 5.41) is 8.45. The van der Waals surface area contributed by atoms with Gasteiger partial charge in [-0.05, 0) is 24.3 Å². The molecule has 21 heavy (non-hydrogen) atoms. The Morgan fingerprint density at radius 3 is 2.38 bits per heavy atom. The molecular weight excluding hydrogens is 304 g/mol. The highest BCUT2D eigenvalue weighted by Crippen LogP contribution is 2.16. The number of sulfonamides is 1. The van der Waals surface area contributed by atoms with Crippen molar-refractivity contribution in [3.8, 4) is 5.75 Å². The summed E-state index contributed by atoms with van der Waals surface area (Å²) >= 11 is 0. The molecular formula is C11H14N2O7S. The molecule has 1 aromatic carbocycles. The molecule has 0 radical (unpaired) electrons. The van der Waals surface area contributed by atoms with E-state index in [9.17, 15) is 18.0 Å². The minimum Gasteiger partial charge on any atom is -0.493 e. The Morgan fingerprint density at radius 1 is 1.24 bits per heavy atom.